The Morgan fingerprint density at radius 2 is 1.83 bits per heavy atom. The average molecular weight is 499 g/mol. The van der Waals surface area contributed by atoms with Crippen LogP contribution in [0.1, 0.15) is 39.8 Å². The zero-order valence-electron chi connectivity index (χ0n) is 18.3. The van der Waals surface area contributed by atoms with Crippen LogP contribution in [0.25, 0.3) is 22.2 Å². The SMILES string of the molecule is CCCS(=O)(=O)Nc1ccc(F)c(C(=O)c2c[nH]c3ncc(-c4ccc(C(N)=O)nc4)cc23)c1F. The first-order valence-corrected chi connectivity index (χ1v) is 12.0. The number of pyridine rings is 2. The molecule has 4 rings (SSSR count). The number of carbonyl (C=O) groups excluding carboxylic acids is 2. The maximum Gasteiger partial charge on any atom is 0.267 e. The molecule has 0 saturated carbocycles. The minimum absolute atomic E-state index is 0.0672. The van der Waals surface area contributed by atoms with Crippen molar-refractivity contribution in [2.45, 2.75) is 13.3 Å². The Balaban J connectivity index is 1.76. The molecule has 3 aromatic heterocycles. The monoisotopic (exact) mass is 499 g/mol. The van der Waals surface area contributed by atoms with E-state index in [1.165, 1.54) is 24.7 Å². The third kappa shape index (κ3) is 4.73. The molecule has 1 amide bonds. The number of aromatic nitrogens is 3. The number of fused-ring (bicyclic) bond motifs is 1. The summed E-state index contributed by atoms with van der Waals surface area (Å²) in [6.45, 7) is 1.64. The van der Waals surface area contributed by atoms with Crippen LogP contribution < -0.4 is 10.5 Å². The second-order valence-corrected chi connectivity index (χ2v) is 9.49. The molecule has 4 aromatic rings. The van der Waals surface area contributed by atoms with Crippen molar-refractivity contribution in [1.82, 2.24) is 15.0 Å². The van der Waals surface area contributed by atoms with E-state index in [9.17, 15) is 22.4 Å². The second-order valence-electron chi connectivity index (χ2n) is 7.65. The molecule has 3 heterocycles. The summed E-state index contributed by atoms with van der Waals surface area (Å²) in [6, 6.07) is 6.35. The van der Waals surface area contributed by atoms with Crippen LogP contribution in [0.15, 0.2) is 48.9 Å². The lowest BCUT2D eigenvalue weighted by Gasteiger charge is -2.11. The summed E-state index contributed by atoms with van der Waals surface area (Å²) >= 11 is 0. The number of carbonyl (C=O) groups is 2. The lowest BCUT2D eigenvalue weighted by Crippen LogP contribution is -2.18. The molecule has 35 heavy (non-hydrogen) atoms. The summed E-state index contributed by atoms with van der Waals surface area (Å²) in [5.41, 5.74) is 5.16. The van der Waals surface area contributed by atoms with Gasteiger partial charge in [-0.2, -0.15) is 0 Å². The fourth-order valence-corrected chi connectivity index (χ4v) is 4.65. The quantitative estimate of drug-likeness (QED) is 0.317. The van der Waals surface area contributed by atoms with Gasteiger partial charge in [-0.05, 0) is 30.7 Å². The van der Waals surface area contributed by atoms with Crippen LogP contribution in [0.3, 0.4) is 0 Å². The Bertz CT molecular complexity index is 1570. The lowest BCUT2D eigenvalue weighted by molar-refractivity contribution is 0.0993. The van der Waals surface area contributed by atoms with Crippen LogP contribution in [-0.4, -0.2) is 40.8 Å². The number of benzene rings is 1. The van der Waals surface area contributed by atoms with Crippen LogP contribution in [0.4, 0.5) is 14.5 Å². The number of rotatable bonds is 8. The minimum atomic E-state index is -3.87. The van der Waals surface area contributed by atoms with Gasteiger partial charge in [-0.25, -0.2) is 22.2 Å². The molecule has 0 radical (unpaired) electrons. The number of primary amides is 1. The molecule has 0 aliphatic rings. The van der Waals surface area contributed by atoms with E-state index in [1.54, 1.807) is 19.1 Å². The van der Waals surface area contributed by atoms with Crippen molar-refractivity contribution in [3.05, 3.63) is 77.4 Å². The molecule has 0 aliphatic carbocycles. The van der Waals surface area contributed by atoms with Gasteiger partial charge >= 0.3 is 0 Å². The van der Waals surface area contributed by atoms with Gasteiger partial charge < -0.3 is 10.7 Å². The highest BCUT2D eigenvalue weighted by Crippen LogP contribution is 2.29. The summed E-state index contributed by atoms with van der Waals surface area (Å²) in [6.07, 6.45) is 4.46. The largest absolute Gasteiger partial charge is 0.364 e. The van der Waals surface area contributed by atoms with Gasteiger partial charge in [-0.1, -0.05) is 13.0 Å². The molecule has 0 aliphatic heterocycles. The molecule has 9 nitrogen and oxygen atoms in total. The van der Waals surface area contributed by atoms with Gasteiger partial charge in [0.25, 0.3) is 5.91 Å². The first-order chi connectivity index (χ1) is 16.6. The number of nitrogens with two attached hydrogens (primary N) is 1. The predicted molar refractivity (Wildman–Crippen MR) is 125 cm³/mol. The molecular formula is C23H19F2N5O4S. The third-order valence-corrected chi connectivity index (χ3v) is 6.66. The van der Waals surface area contributed by atoms with E-state index in [1.807, 2.05) is 0 Å². The number of H-pyrrole nitrogens is 1. The van der Waals surface area contributed by atoms with Gasteiger partial charge in [0, 0.05) is 40.7 Å². The third-order valence-electron chi connectivity index (χ3n) is 5.18. The number of ketones is 1. The predicted octanol–water partition coefficient (Wildman–Crippen LogP) is 3.38. The Morgan fingerprint density at radius 1 is 1.09 bits per heavy atom. The van der Waals surface area contributed by atoms with E-state index >= 15 is 4.39 Å². The van der Waals surface area contributed by atoms with E-state index in [-0.39, 0.29) is 28.8 Å². The number of nitrogens with zero attached hydrogens (tertiary/aromatic N) is 2. The first kappa shape index (κ1) is 24.0. The summed E-state index contributed by atoms with van der Waals surface area (Å²) in [5.74, 6) is -4.41. The molecular weight excluding hydrogens is 480 g/mol. The number of halogens is 2. The van der Waals surface area contributed by atoms with Crippen molar-refractivity contribution in [1.29, 1.82) is 0 Å². The summed E-state index contributed by atoms with van der Waals surface area (Å²) < 4.78 is 55.9. The van der Waals surface area contributed by atoms with E-state index < -0.39 is 44.6 Å². The van der Waals surface area contributed by atoms with Crippen molar-refractivity contribution in [2.24, 2.45) is 5.73 Å². The average Bonchev–Trinajstić information content (AvgIpc) is 3.24. The van der Waals surface area contributed by atoms with Crippen molar-refractivity contribution >= 4 is 38.4 Å². The van der Waals surface area contributed by atoms with Gasteiger partial charge in [0.15, 0.2) is 5.82 Å². The summed E-state index contributed by atoms with van der Waals surface area (Å²) in [5, 5.41) is 0.280. The maximum atomic E-state index is 15.1. The van der Waals surface area contributed by atoms with Crippen LogP contribution in [0.5, 0.6) is 0 Å². The second kappa shape index (κ2) is 9.22. The van der Waals surface area contributed by atoms with Gasteiger partial charge in [0.2, 0.25) is 15.8 Å². The topological polar surface area (TPSA) is 148 Å². The number of aromatic amines is 1. The van der Waals surface area contributed by atoms with Crippen molar-refractivity contribution in [3.63, 3.8) is 0 Å². The summed E-state index contributed by atoms with van der Waals surface area (Å²) in [4.78, 5) is 35.4. The fourth-order valence-electron chi connectivity index (χ4n) is 3.52. The number of nitrogens with one attached hydrogen (secondary N) is 2. The standard InChI is InChI=1S/C23H19F2N5O4S/c1-2-7-35(33,34)30-17-6-4-16(24)19(20(17)25)21(31)15-11-29-23-14(15)8-13(10-28-23)12-3-5-18(22(26)32)27-9-12/h3-6,8-11,30H,2,7H2,1H3,(H2,26,32)(H,28,29). The molecule has 0 atom stereocenters. The highest BCUT2D eigenvalue weighted by molar-refractivity contribution is 7.92. The molecule has 0 saturated heterocycles. The van der Waals surface area contributed by atoms with E-state index in [0.29, 0.717) is 16.8 Å². The van der Waals surface area contributed by atoms with Gasteiger partial charge in [0.05, 0.1) is 17.0 Å². The zero-order chi connectivity index (χ0) is 25.3. The molecule has 0 spiro atoms. The number of anilines is 1. The Labute approximate surface area is 198 Å². The van der Waals surface area contributed by atoms with Crippen LogP contribution in [-0.2, 0) is 10.0 Å². The van der Waals surface area contributed by atoms with Crippen molar-refractivity contribution in [3.8, 4) is 11.1 Å². The van der Waals surface area contributed by atoms with Gasteiger partial charge in [-0.3, -0.25) is 19.3 Å². The smallest absolute Gasteiger partial charge is 0.267 e. The molecule has 180 valence electrons. The normalized spacial score (nSPS) is 11.5. The van der Waals surface area contributed by atoms with Crippen LogP contribution in [0.2, 0.25) is 0 Å². The highest BCUT2D eigenvalue weighted by atomic mass is 32.2. The number of sulfonamides is 1. The number of hydrogen-bond acceptors (Lipinski definition) is 6. The molecule has 0 fully saturated rings. The first-order valence-electron chi connectivity index (χ1n) is 10.4. The zero-order valence-corrected chi connectivity index (χ0v) is 19.1. The van der Waals surface area contributed by atoms with Crippen molar-refractivity contribution in [2.75, 3.05) is 10.5 Å². The van der Waals surface area contributed by atoms with Gasteiger partial charge in [-0.15, -0.1) is 0 Å². The van der Waals surface area contributed by atoms with Crippen molar-refractivity contribution < 1.29 is 26.8 Å². The van der Waals surface area contributed by atoms with Crippen LogP contribution in [0, 0.1) is 11.6 Å². The fraction of sp³-hybridized carbons (Fsp3) is 0.130. The number of amides is 1. The van der Waals surface area contributed by atoms with Crippen LogP contribution >= 0.6 is 0 Å². The Kier molecular flexibility index (Phi) is 6.31. The van der Waals surface area contributed by atoms with E-state index in [4.69, 9.17) is 5.73 Å². The Morgan fingerprint density at radius 3 is 2.49 bits per heavy atom. The van der Waals surface area contributed by atoms with E-state index in [2.05, 4.69) is 19.7 Å². The minimum Gasteiger partial charge on any atom is -0.364 e. The molecule has 4 N–H and O–H groups in total. The highest BCUT2D eigenvalue weighted by Gasteiger charge is 2.26. The molecule has 12 heteroatoms. The maximum absolute atomic E-state index is 15.1. The van der Waals surface area contributed by atoms with Gasteiger partial charge in [0.1, 0.15) is 17.2 Å². The number of hydrogen-bond donors (Lipinski definition) is 3. The Hall–Kier alpha value is -4.19. The lowest BCUT2D eigenvalue weighted by atomic mass is 10.00. The molecule has 1 aromatic carbocycles. The van der Waals surface area contributed by atoms with E-state index in [0.717, 1.165) is 12.1 Å². The molecule has 0 bridgehead atoms. The summed E-state index contributed by atoms with van der Waals surface area (Å²) in [7, 11) is -3.87. The molecule has 0 unspecified atom stereocenters.